The van der Waals surface area contributed by atoms with E-state index in [1.807, 2.05) is 0 Å². The smallest absolute Gasteiger partial charge is 0.281 e. The van der Waals surface area contributed by atoms with E-state index >= 15 is 0 Å². The summed E-state index contributed by atoms with van der Waals surface area (Å²) in [5.74, 6) is 0. The van der Waals surface area contributed by atoms with Gasteiger partial charge in [0.25, 0.3) is 6.10 Å². The Morgan fingerprint density at radius 1 is 1.10 bits per heavy atom. The summed E-state index contributed by atoms with van der Waals surface area (Å²) < 4.78 is 109. The van der Waals surface area contributed by atoms with Crippen LogP contribution in [0.15, 0.2) is 0 Å². The highest BCUT2D eigenvalue weighted by molar-refractivity contribution is 7.87. The van der Waals surface area contributed by atoms with Crippen LogP contribution < -0.4 is 0 Å². The van der Waals surface area contributed by atoms with E-state index < -0.39 is 44.0 Å². The van der Waals surface area contributed by atoms with Gasteiger partial charge in [0.1, 0.15) is 0 Å². The summed E-state index contributed by atoms with van der Waals surface area (Å²) in [7, 11) is -6.37. The van der Waals surface area contributed by atoms with Crippen molar-refractivity contribution in [3.63, 3.8) is 0 Å². The molecule has 21 heavy (non-hydrogen) atoms. The molecule has 0 aromatic carbocycles. The van der Waals surface area contributed by atoms with Crippen molar-refractivity contribution in [1.82, 2.24) is 0 Å². The first-order valence-corrected chi connectivity index (χ1v) is 8.44. The minimum absolute atomic E-state index is 0.231. The largest absolute Gasteiger partial charge is 0.423 e. The van der Waals surface area contributed by atoms with Crippen LogP contribution >= 0.6 is 0 Å². The van der Waals surface area contributed by atoms with E-state index in [0.717, 1.165) is 6.42 Å². The van der Waals surface area contributed by atoms with Crippen molar-refractivity contribution in [1.29, 1.82) is 0 Å². The van der Waals surface area contributed by atoms with Gasteiger partial charge in [-0.3, -0.25) is 8.74 Å². The van der Waals surface area contributed by atoms with Crippen LogP contribution in [0.3, 0.4) is 0 Å². The van der Waals surface area contributed by atoms with E-state index in [1.165, 1.54) is 0 Å². The molecule has 1 N–H and O–H groups in total. The molecule has 1 aliphatic rings. The third-order valence-corrected chi connectivity index (χ3v) is 5.26. The van der Waals surface area contributed by atoms with Gasteiger partial charge in [0.15, 0.2) is 11.1 Å². The van der Waals surface area contributed by atoms with Crippen LogP contribution in [0.25, 0.3) is 0 Å². The SMILES string of the molecule is O=S(OC(C(F)(F)F)C(F)(F)S(=O)(=O)O)C1CCCCC1. The molecule has 0 aromatic heterocycles. The van der Waals surface area contributed by atoms with Crippen molar-refractivity contribution in [3.8, 4) is 0 Å². The molecule has 1 fully saturated rings. The molecule has 5 nitrogen and oxygen atoms in total. The van der Waals surface area contributed by atoms with Crippen LogP contribution in [0.5, 0.6) is 0 Å². The van der Waals surface area contributed by atoms with Crippen molar-refractivity contribution in [2.75, 3.05) is 0 Å². The maximum atomic E-state index is 13.2. The molecule has 0 spiro atoms. The Hall–Kier alpha value is -0.330. The minimum atomic E-state index is -6.37. The average molecular weight is 360 g/mol. The zero-order valence-corrected chi connectivity index (χ0v) is 12.1. The summed E-state index contributed by atoms with van der Waals surface area (Å²) in [4.78, 5) is 0. The molecule has 1 aliphatic carbocycles. The molecule has 0 amide bonds. The van der Waals surface area contributed by atoms with Gasteiger partial charge in [0, 0.05) is 0 Å². The summed E-state index contributed by atoms with van der Waals surface area (Å²) in [6.07, 6.45) is -7.65. The normalized spacial score (nSPS) is 22.0. The van der Waals surface area contributed by atoms with E-state index in [0.29, 0.717) is 12.8 Å². The van der Waals surface area contributed by atoms with Crippen molar-refractivity contribution >= 4 is 21.2 Å². The molecule has 0 aliphatic heterocycles. The zero-order valence-electron chi connectivity index (χ0n) is 10.5. The van der Waals surface area contributed by atoms with Crippen LogP contribution in [-0.4, -0.2) is 40.0 Å². The predicted molar refractivity (Wildman–Crippen MR) is 62.4 cm³/mol. The lowest BCUT2D eigenvalue weighted by Gasteiger charge is -2.28. The van der Waals surface area contributed by atoms with Gasteiger partial charge in [0.2, 0.25) is 0 Å². The molecule has 2 unspecified atom stereocenters. The first-order chi connectivity index (χ1) is 9.37. The predicted octanol–water partition coefficient (Wildman–Crippen LogP) is 2.41. The summed E-state index contributed by atoms with van der Waals surface area (Å²) in [5.41, 5.74) is 0. The first-order valence-electron chi connectivity index (χ1n) is 5.86. The second kappa shape index (κ2) is 6.42. The molecule has 1 saturated carbocycles. The van der Waals surface area contributed by atoms with Crippen LogP contribution in [0.1, 0.15) is 32.1 Å². The maximum absolute atomic E-state index is 13.2. The summed E-state index contributed by atoms with van der Waals surface area (Å²) >= 11 is -2.74. The fourth-order valence-corrected chi connectivity index (χ4v) is 3.68. The standard InChI is InChI=1S/C9H13F5O5S2/c10-8(11,12)7(9(13,14)21(16,17)18)19-20(15)6-4-2-1-3-5-6/h6-7H,1-5H2,(H,16,17,18). The summed E-state index contributed by atoms with van der Waals surface area (Å²) in [6, 6.07) is 0. The molecule has 0 heterocycles. The Labute approximate surface area is 120 Å². The molecule has 2 atom stereocenters. The quantitative estimate of drug-likeness (QED) is 0.602. The Morgan fingerprint density at radius 2 is 1.57 bits per heavy atom. The average Bonchev–Trinajstić information content (AvgIpc) is 2.33. The lowest BCUT2D eigenvalue weighted by Crippen LogP contribution is -2.52. The molecule has 0 saturated heterocycles. The Balaban J connectivity index is 2.97. The number of halogens is 5. The fourth-order valence-electron chi connectivity index (χ4n) is 1.87. The van der Waals surface area contributed by atoms with Gasteiger partial charge in [-0.05, 0) is 12.8 Å². The maximum Gasteiger partial charge on any atom is 0.423 e. The van der Waals surface area contributed by atoms with Gasteiger partial charge < -0.3 is 0 Å². The van der Waals surface area contributed by atoms with E-state index in [1.54, 1.807) is 0 Å². The van der Waals surface area contributed by atoms with Crippen LogP contribution in [0, 0.1) is 0 Å². The van der Waals surface area contributed by atoms with E-state index in [2.05, 4.69) is 4.18 Å². The number of rotatable bonds is 5. The van der Waals surface area contributed by atoms with Gasteiger partial charge >= 0.3 is 21.5 Å². The minimum Gasteiger partial charge on any atom is -0.281 e. The second-order valence-electron chi connectivity index (χ2n) is 4.58. The lowest BCUT2D eigenvalue weighted by molar-refractivity contribution is -0.236. The van der Waals surface area contributed by atoms with Crippen molar-refractivity contribution < 1.29 is 43.3 Å². The van der Waals surface area contributed by atoms with E-state index in [9.17, 15) is 34.6 Å². The van der Waals surface area contributed by atoms with Crippen LogP contribution in [-0.2, 0) is 25.4 Å². The molecule has 126 valence electrons. The van der Waals surface area contributed by atoms with Gasteiger partial charge in [-0.25, -0.2) is 4.21 Å². The highest BCUT2D eigenvalue weighted by Crippen LogP contribution is 2.39. The Bertz CT molecular complexity index is 483. The van der Waals surface area contributed by atoms with Crippen LogP contribution in [0.2, 0.25) is 0 Å². The highest BCUT2D eigenvalue weighted by atomic mass is 32.2. The Kier molecular flexibility index (Phi) is 5.73. The topological polar surface area (TPSA) is 80.7 Å². The van der Waals surface area contributed by atoms with Crippen molar-refractivity contribution in [2.24, 2.45) is 0 Å². The monoisotopic (exact) mass is 360 g/mol. The highest BCUT2D eigenvalue weighted by Gasteiger charge is 2.65. The van der Waals surface area contributed by atoms with Crippen molar-refractivity contribution in [2.45, 2.75) is 54.9 Å². The Morgan fingerprint density at radius 3 is 1.95 bits per heavy atom. The molecular weight excluding hydrogens is 347 g/mol. The molecule has 1 rings (SSSR count). The molecule has 0 radical (unpaired) electrons. The van der Waals surface area contributed by atoms with Crippen molar-refractivity contribution in [3.05, 3.63) is 0 Å². The molecule has 12 heteroatoms. The van der Waals surface area contributed by atoms with Gasteiger partial charge in [-0.1, -0.05) is 19.3 Å². The lowest BCUT2D eigenvalue weighted by atomic mass is 10.0. The third-order valence-electron chi connectivity index (χ3n) is 2.96. The first kappa shape index (κ1) is 18.7. The second-order valence-corrected chi connectivity index (χ2v) is 7.45. The summed E-state index contributed by atoms with van der Waals surface area (Å²) in [6.45, 7) is 0. The van der Waals surface area contributed by atoms with E-state index in [4.69, 9.17) is 4.55 Å². The van der Waals surface area contributed by atoms with E-state index in [-0.39, 0.29) is 12.8 Å². The number of alkyl halides is 5. The van der Waals surface area contributed by atoms with Gasteiger partial charge in [0.05, 0.1) is 5.25 Å². The molecular formula is C9H13F5O5S2. The van der Waals surface area contributed by atoms with Crippen LogP contribution in [0.4, 0.5) is 22.0 Å². The number of hydrogen-bond acceptors (Lipinski definition) is 4. The summed E-state index contributed by atoms with van der Waals surface area (Å²) in [5, 5.41) is -6.52. The number of hydrogen-bond donors (Lipinski definition) is 1. The molecule has 0 aromatic rings. The fraction of sp³-hybridized carbons (Fsp3) is 1.00. The third kappa shape index (κ3) is 4.57. The van der Waals surface area contributed by atoms with Gasteiger partial charge in [-0.15, -0.1) is 0 Å². The van der Waals surface area contributed by atoms with Gasteiger partial charge in [-0.2, -0.15) is 30.4 Å². The zero-order chi connectivity index (χ0) is 16.5. The molecule has 0 bridgehead atoms.